The number of anilines is 2. The van der Waals surface area contributed by atoms with E-state index >= 15 is 0 Å². The zero-order valence-electron chi connectivity index (χ0n) is 29.1. The van der Waals surface area contributed by atoms with Crippen LogP contribution in [0.1, 0.15) is 55.4 Å². The highest BCUT2D eigenvalue weighted by atomic mass is 16.5. The first-order valence-corrected chi connectivity index (χ1v) is 17.1. The van der Waals surface area contributed by atoms with Crippen molar-refractivity contribution in [3.8, 4) is 5.88 Å². The van der Waals surface area contributed by atoms with Crippen molar-refractivity contribution in [2.45, 2.75) is 39.2 Å². The van der Waals surface area contributed by atoms with Crippen LogP contribution in [0.2, 0.25) is 0 Å². The summed E-state index contributed by atoms with van der Waals surface area (Å²) in [5.41, 5.74) is 11.8. The Morgan fingerprint density at radius 3 is 2.58 bits per heavy atom. The Morgan fingerprint density at radius 2 is 1.92 bits per heavy atom. The molecule has 5 rings (SSSR count). The van der Waals surface area contributed by atoms with E-state index < -0.39 is 0 Å². The summed E-state index contributed by atoms with van der Waals surface area (Å²) in [4.78, 5) is 39.5. The summed E-state index contributed by atoms with van der Waals surface area (Å²) in [6.07, 6.45) is 8.60. The number of nitrogens with one attached hydrogen (secondary N) is 3. The number of benzene rings is 2. The Kier molecular flexibility index (Phi) is 12.1. The van der Waals surface area contributed by atoms with E-state index in [4.69, 9.17) is 21.3 Å². The van der Waals surface area contributed by atoms with Crippen LogP contribution in [0.15, 0.2) is 71.9 Å². The van der Waals surface area contributed by atoms with Gasteiger partial charge in [0.25, 0.3) is 0 Å². The number of carbonyl (C=O) groups excluding carboxylic acids is 2. The summed E-state index contributed by atoms with van der Waals surface area (Å²) in [5.74, 6) is 1.20. The lowest BCUT2D eigenvalue weighted by Gasteiger charge is -2.28. The molecule has 3 heterocycles. The Balaban J connectivity index is 1.10. The summed E-state index contributed by atoms with van der Waals surface area (Å²) in [6, 6.07) is 16.7. The van der Waals surface area contributed by atoms with Crippen LogP contribution in [0, 0.1) is 16.7 Å². The molecule has 3 aromatic rings. The summed E-state index contributed by atoms with van der Waals surface area (Å²) < 4.78 is 5.61. The molecule has 1 saturated heterocycles. The van der Waals surface area contributed by atoms with Gasteiger partial charge in [-0.25, -0.2) is 9.98 Å². The van der Waals surface area contributed by atoms with E-state index in [-0.39, 0.29) is 23.6 Å². The van der Waals surface area contributed by atoms with E-state index in [2.05, 4.69) is 26.3 Å². The van der Waals surface area contributed by atoms with Crippen molar-refractivity contribution >= 4 is 47.2 Å². The molecule has 2 aromatic carbocycles. The van der Waals surface area contributed by atoms with Gasteiger partial charge in [0.2, 0.25) is 18.2 Å². The molecule has 0 spiro atoms. The third-order valence-electron chi connectivity index (χ3n) is 9.07. The number of ether oxygens (including phenoxy) is 1. The van der Waals surface area contributed by atoms with Gasteiger partial charge in [0.1, 0.15) is 0 Å². The molecule has 2 amide bonds. The Labute approximate surface area is 294 Å². The third kappa shape index (κ3) is 9.20. The summed E-state index contributed by atoms with van der Waals surface area (Å²) >= 11 is 0. The predicted molar refractivity (Wildman–Crippen MR) is 199 cm³/mol. The predicted octanol–water partition coefficient (Wildman–Crippen LogP) is 4.43. The van der Waals surface area contributed by atoms with Gasteiger partial charge in [-0.15, -0.1) is 0 Å². The minimum Gasteiger partial charge on any atom is -0.475 e. The van der Waals surface area contributed by atoms with Gasteiger partial charge in [0.15, 0.2) is 5.84 Å². The van der Waals surface area contributed by atoms with Gasteiger partial charge >= 0.3 is 0 Å². The third-order valence-corrected chi connectivity index (χ3v) is 9.07. The largest absolute Gasteiger partial charge is 0.475 e. The normalized spacial score (nSPS) is 16.4. The van der Waals surface area contributed by atoms with Crippen LogP contribution in [-0.4, -0.2) is 97.4 Å². The molecule has 12 heteroatoms. The number of nitrogens with zero attached hydrogens (tertiary/aromatic N) is 5. The molecule has 2 aliphatic rings. The maximum Gasteiger partial charge on any atom is 0.237 e. The first-order chi connectivity index (χ1) is 24.1. The average Bonchev–Trinajstić information content (AvgIpc) is 3.58. The number of aliphatic imine (C=N–C) groups is 1. The van der Waals surface area contributed by atoms with Crippen molar-refractivity contribution in [3.05, 3.63) is 89.1 Å². The second kappa shape index (κ2) is 16.8. The first kappa shape index (κ1) is 35.9. The van der Waals surface area contributed by atoms with Crippen molar-refractivity contribution in [2.24, 2.45) is 10.9 Å². The maximum absolute atomic E-state index is 13.2. The Morgan fingerprint density at radius 1 is 1.14 bits per heavy atom. The van der Waals surface area contributed by atoms with Crippen LogP contribution < -0.4 is 20.7 Å². The minimum atomic E-state index is 0.000320. The highest BCUT2D eigenvalue weighted by Crippen LogP contribution is 2.27. The molecule has 262 valence electrons. The fourth-order valence-corrected chi connectivity index (χ4v) is 6.29. The molecule has 2 aliphatic heterocycles. The van der Waals surface area contributed by atoms with E-state index in [1.54, 1.807) is 48.5 Å². The van der Waals surface area contributed by atoms with Crippen LogP contribution in [-0.2, 0) is 9.59 Å². The molecule has 0 radical (unpaired) electrons. The first-order valence-electron chi connectivity index (χ1n) is 17.1. The van der Waals surface area contributed by atoms with Gasteiger partial charge in [-0.1, -0.05) is 30.3 Å². The molecule has 0 bridgehead atoms. The van der Waals surface area contributed by atoms with E-state index in [0.29, 0.717) is 60.5 Å². The van der Waals surface area contributed by atoms with Gasteiger partial charge in [0.05, 0.1) is 24.7 Å². The number of pyridine rings is 1. The number of nitrogen functional groups attached to an aromatic ring is 1. The number of rotatable bonds is 14. The second-order valence-electron chi connectivity index (χ2n) is 13.0. The molecule has 0 saturated carbocycles. The van der Waals surface area contributed by atoms with Gasteiger partial charge < -0.3 is 25.6 Å². The lowest BCUT2D eigenvalue weighted by Crippen LogP contribution is -2.41. The number of aromatic nitrogens is 1. The smallest absolute Gasteiger partial charge is 0.237 e. The lowest BCUT2D eigenvalue weighted by atomic mass is 9.98. The number of hydrogen-bond donors (Lipinski definition) is 4. The van der Waals surface area contributed by atoms with E-state index in [1.807, 2.05) is 43.0 Å². The van der Waals surface area contributed by atoms with Crippen molar-refractivity contribution in [1.29, 1.82) is 10.8 Å². The zero-order valence-corrected chi connectivity index (χ0v) is 29.1. The fourth-order valence-electron chi connectivity index (χ4n) is 6.29. The van der Waals surface area contributed by atoms with Gasteiger partial charge in [0, 0.05) is 73.6 Å². The number of nitrogens with two attached hydrogens (primary N) is 1. The Bertz CT molecular complexity index is 1740. The standard InChI is InChI=1S/C38H47N9O3/c1-26(2)50-35-11-8-31(21-43-35)37(40)33-20-32(9-10-34(33)39)47(25-48)17-13-27-12-16-45(22-27)23-36(49)46-18-14-29(15-19-46)28-4-6-30(7-5-28)38(41)44-24-42-3/h4-11,14,20-21,24-27,40H,12-13,15-19,22-23,39H2,1-3H3,(H2,41,42,44). The molecule has 5 N–H and O–H groups in total. The maximum atomic E-state index is 13.2. The number of amidine groups is 1. The zero-order chi connectivity index (χ0) is 35.6. The molecule has 1 fully saturated rings. The summed E-state index contributed by atoms with van der Waals surface area (Å²) in [7, 11) is 1.75. The Hall–Kier alpha value is -5.36. The summed E-state index contributed by atoms with van der Waals surface area (Å²) in [5, 5.41) is 19.6. The quantitative estimate of drug-likeness (QED) is 0.0849. The molecular formula is C38H47N9O3. The molecule has 1 unspecified atom stereocenters. The lowest BCUT2D eigenvalue weighted by molar-refractivity contribution is -0.131. The van der Waals surface area contributed by atoms with E-state index in [1.165, 1.54) is 11.9 Å². The van der Waals surface area contributed by atoms with Crippen molar-refractivity contribution in [3.63, 3.8) is 0 Å². The highest BCUT2D eigenvalue weighted by molar-refractivity contribution is 6.14. The monoisotopic (exact) mass is 677 g/mol. The SMILES string of the molecule is CN/C=N\C(=N)c1ccc(C2=CCN(C(=O)CN3CCC(CCN(C=O)c4ccc(N)c(C(=N)c5ccc(OC(C)C)nc5)c4)C3)CC2)cc1. The number of amides is 2. The van der Waals surface area contributed by atoms with Crippen molar-refractivity contribution < 1.29 is 14.3 Å². The highest BCUT2D eigenvalue weighted by Gasteiger charge is 2.27. The number of hydrogen-bond acceptors (Lipinski definition) is 8. The van der Waals surface area contributed by atoms with Crippen LogP contribution in [0.5, 0.6) is 5.88 Å². The molecule has 50 heavy (non-hydrogen) atoms. The van der Waals surface area contributed by atoms with Gasteiger partial charge in [-0.2, -0.15) is 0 Å². The average molecular weight is 678 g/mol. The molecular weight excluding hydrogens is 630 g/mol. The minimum absolute atomic E-state index is 0.000320. The van der Waals surface area contributed by atoms with Crippen LogP contribution in [0.4, 0.5) is 11.4 Å². The topological polar surface area (TPSA) is 164 Å². The summed E-state index contributed by atoms with van der Waals surface area (Å²) in [6.45, 7) is 7.70. The van der Waals surface area contributed by atoms with Gasteiger partial charge in [-0.05, 0) is 81.0 Å². The number of likely N-dealkylation sites (tertiary alicyclic amines) is 1. The molecule has 12 nitrogen and oxygen atoms in total. The van der Waals surface area contributed by atoms with Crippen LogP contribution >= 0.6 is 0 Å². The van der Waals surface area contributed by atoms with Gasteiger partial charge in [-0.3, -0.25) is 25.3 Å². The molecule has 1 atom stereocenters. The van der Waals surface area contributed by atoms with Crippen molar-refractivity contribution in [2.75, 3.05) is 56.9 Å². The fraction of sp³-hybridized carbons (Fsp3) is 0.368. The number of carbonyl (C=O) groups is 2. The van der Waals surface area contributed by atoms with E-state index in [9.17, 15) is 9.59 Å². The molecule has 0 aliphatic carbocycles. The van der Waals surface area contributed by atoms with Crippen LogP contribution in [0.3, 0.4) is 0 Å². The van der Waals surface area contributed by atoms with Crippen LogP contribution in [0.25, 0.3) is 5.57 Å². The van der Waals surface area contributed by atoms with Crippen molar-refractivity contribution in [1.82, 2.24) is 20.1 Å². The molecule has 1 aromatic heterocycles. The van der Waals surface area contributed by atoms with E-state index in [0.717, 1.165) is 49.9 Å². The second-order valence-corrected chi connectivity index (χ2v) is 13.0.